The minimum absolute atomic E-state index is 0.0521. The van der Waals surface area contributed by atoms with Gasteiger partial charge in [0.05, 0.1) is 35.5 Å². The average Bonchev–Trinajstić information content (AvgIpc) is 3.17. The highest BCUT2D eigenvalue weighted by Gasteiger charge is 2.32. The molecule has 0 aliphatic rings. The summed E-state index contributed by atoms with van der Waals surface area (Å²) in [5.74, 6) is -1.61. The summed E-state index contributed by atoms with van der Waals surface area (Å²) >= 11 is 5.79. The van der Waals surface area contributed by atoms with E-state index < -0.39 is 44.4 Å². The zero-order valence-electron chi connectivity index (χ0n) is 17.7. The van der Waals surface area contributed by atoms with Gasteiger partial charge in [-0.25, -0.2) is 18.4 Å². The lowest BCUT2D eigenvalue weighted by Crippen LogP contribution is -2.29. The molecule has 1 amide bonds. The maximum atomic E-state index is 12.8. The number of carbonyl (C=O) groups is 1. The van der Waals surface area contributed by atoms with Crippen molar-refractivity contribution in [2.24, 2.45) is 0 Å². The number of carbonyl (C=O) groups excluding carboxylic acids is 1. The van der Waals surface area contributed by atoms with Gasteiger partial charge in [0.15, 0.2) is 15.7 Å². The molecule has 0 fully saturated rings. The van der Waals surface area contributed by atoms with Crippen molar-refractivity contribution >= 4 is 27.3 Å². The summed E-state index contributed by atoms with van der Waals surface area (Å²) in [6.45, 7) is 1.50. The van der Waals surface area contributed by atoms with E-state index in [0.29, 0.717) is 6.07 Å². The van der Waals surface area contributed by atoms with Gasteiger partial charge in [-0.15, -0.1) is 18.3 Å². The van der Waals surface area contributed by atoms with Crippen LogP contribution in [0.5, 0.6) is 11.8 Å². The summed E-state index contributed by atoms with van der Waals surface area (Å²) < 4.78 is 71.8. The van der Waals surface area contributed by atoms with E-state index in [4.69, 9.17) is 16.3 Å². The number of nitrogens with one attached hydrogen (secondary N) is 1. The SMILES string of the molecule is COc1nc([C@H](C)NC(=O)c2cc(OC(F)(F)F)cc(S(C)(=O)=O)c2)n(-c2ncc(Cl)cn2)n1. The lowest BCUT2D eigenvalue weighted by Gasteiger charge is -2.15. The molecule has 16 heteroatoms. The molecule has 0 saturated carbocycles. The predicted octanol–water partition coefficient (Wildman–Crippen LogP) is 2.51. The lowest BCUT2D eigenvalue weighted by molar-refractivity contribution is -0.274. The van der Waals surface area contributed by atoms with Gasteiger partial charge in [-0.05, 0) is 25.1 Å². The molecule has 0 saturated heterocycles. The number of halogens is 4. The number of hydrogen-bond acceptors (Lipinski definition) is 9. The molecule has 0 aliphatic heterocycles. The molecule has 1 aromatic carbocycles. The zero-order valence-corrected chi connectivity index (χ0v) is 19.2. The van der Waals surface area contributed by atoms with E-state index >= 15 is 0 Å². The Balaban J connectivity index is 1.95. The number of rotatable bonds is 7. The molecule has 2 aromatic heterocycles. The summed E-state index contributed by atoms with van der Waals surface area (Å²) in [5.41, 5.74) is -0.394. The summed E-state index contributed by atoms with van der Waals surface area (Å²) in [7, 11) is -2.65. The molecule has 1 N–H and O–H groups in total. The Bertz CT molecular complexity index is 1310. The second-order valence-corrected chi connectivity index (χ2v) is 9.23. The second-order valence-electron chi connectivity index (χ2n) is 6.78. The topological polar surface area (TPSA) is 138 Å². The van der Waals surface area contributed by atoms with Crippen LogP contribution < -0.4 is 14.8 Å². The molecule has 0 radical (unpaired) electrons. The fourth-order valence-corrected chi connectivity index (χ4v) is 3.46. The van der Waals surface area contributed by atoms with E-state index in [9.17, 15) is 26.4 Å². The minimum atomic E-state index is -5.09. The number of sulfone groups is 1. The molecule has 0 spiro atoms. The van der Waals surface area contributed by atoms with Gasteiger partial charge >= 0.3 is 12.4 Å². The van der Waals surface area contributed by atoms with E-state index in [0.717, 1.165) is 18.4 Å². The van der Waals surface area contributed by atoms with Gasteiger partial charge in [0.1, 0.15) is 5.75 Å². The fourth-order valence-electron chi connectivity index (χ4n) is 2.69. The van der Waals surface area contributed by atoms with Crippen molar-refractivity contribution in [3.63, 3.8) is 0 Å². The monoisotopic (exact) mass is 520 g/mol. The van der Waals surface area contributed by atoms with Crippen LogP contribution in [-0.2, 0) is 9.84 Å². The first-order chi connectivity index (χ1) is 15.8. The quantitative estimate of drug-likeness (QED) is 0.498. The van der Waals surface area contributed by atoms with Crippen molar-refractivity contribution < 1.29 is 35.9 Å². The van der Waals surface area contributed by atoms with Crippen molar-refractivity contribution in [3.05, 3.63) is 47.0 Å². The number of methoxy groups -OCH3 is 1. The summed E-state index contributed by atoms with van der Waals surface area (Å²) in [4.78, 5) is 24.4. The molecule has 34 heavy (non-hydrogen) atoms. The Morgan fingerprint density at radius 1 is 1.21 bits per heavy atom. The van der Waals surface area contributed by atoms with Crippen LogP contribution in [0.4, 0.5) is 13.2 Å². The Kier molecular flexibility index (Phi) is 6.97. The summed E-state index contributed by atoms with van der Waals surface area (Å²) in [6, 6.07) is 1.38. The van der Waals surface area contributed by atoms with Crippen LogP contribution in [-0.4, -0.2) is 58.8 Å². The van der Waals surface area contributed by atoms with Gasteiger partial charge in [0, 0.05) is 11.8 Å². The van der Waals surface area contributed by atoms with Crippen LogP contribution in [0.1, 0.15) is 29.1 Å². The summed E-state index contributed by atoms with van der Waals surface area (Å²) in [6.07, 6.45) is -1.69. The standard InChI is InChI=1S/C18H16ClF3N6O5S/c1-9(14-26-17(32-2)27-28(14)16-23-7-11(19)8-24-16)25-15(29)10-4-12(33-18(20,21)22)6-13(5-10)34(3,30)31/h4-9H,1-3H3,(H,25,29)/t9-/m0/s1. The number of alkyl halides is 3. The largest absolute Gasteiger partial charge is 0.573 e. The van der Waals surface area contributed by atoms with Crippen LogP contribution >= 0.6 is 11.6 Å². The van der Waals surface area contributed by atoms with Gasteiger partial charge in [-0.1, -0.05) is 11.6 Å². The van der Waals surface area contributed by atoms with E-state index in [-0.39, 0.29) is 22.8 Å². The molecule has 182 valence electrons. The van der Waals surface area contributed by atoms with Gasteiger partial charge in [-0.3, -0.25) is 4.79 Å². The number of aromatic nitrogens is 5. The van der Waals surface area contributed by atoms with E-state index in [1.54, 1.807) is 0 Å². The first kappa shape index (κ1) is 25.2. The molecule has 1 atom stereocenters. The molecule has 3 rings (SSSR count). The predicted molar refractivity (Wildman–Crippen MR) is 111 cm³/mol. The highest BCUT2D eigenvalue weighted by molar-refractivity contribution is 7.90. The van der Waals surface area contributed by atoms with Crippen molar-refractivity contribution in [3.8, 4) is 17.7 Å². The van der Waals surface area contributed by atoms with Gasteiger partial charge < -0.3 is 14.8 Å². The van der Waals surface area contributed by atoms with Crippen molar-refractivity contribution in [2.75, 3.05) is 13.4 Å². The molecular weight excluding hydrogens is 505 g/mol. The third-order valence-corrected chi connectivity index (χ3v) is 5.42. The molecule has 2 heterocycles. The van der Waals surface area contributed by atoms with Crippen LogP contribution in [0.2, 0.25) is 5.02 Å². The molecular formula is C18H16ClF3N6O5S. The van der Waals surface area contributed by atoms with Crippen molar-refractivity contribution in [2.45, 2.75) is 24.2 Å². The highest BCUT2D eigenvalue weighted by atomic mass is 35.5. The van der Waals surface area contributed by atoms with Crippen LogP contribution in [0.15, 0.2) is 35.5 Å². The van der Waals surface area contributed by atoms with Crippen LogP contribution in [0, 0.1) is 0 Å². The molecule has 0 bridgehead atoms. The van der Waals surface area contributed by atoms with Crippen molar-refractivity contribution in [1.29, 1.82) is 0 Å². The number of nitrogens with zero attached hydrogens (tertiary/aromatic N) is 5. The first-order valence-electron chi connectivity index (χ1n) is 9.17. The first-order valence-corrected chi connectivity index (χ1v) is 11.4. The molecule has 11 nitrogen and oxygen atoms in total. The van der Waals surface area contributed by atoms with E-state index in [2.05, 4.69) is 30.1 Å². The maximum absolute atomic E-state index is 12.8. The second kappa shape index (κ2) is 9.42. The maximum Gasteiger partial charge on any atom is 0.573 e. The van der Waals surface area contributed by atoms with E-state index in [1.165, 1.54) is 31.1 Å². The number of ether oxygens (including phenoxy) is 2. The van der Waals surface area contributed by atoms with E-state index in [1.807, 2.05) is 0 Å². The Hall–Kier alpha value is -3.46. The third-order valence-electron chi connectivity index (χ3n) is 4.13. The molecule has 0 aliphatic carbocycles. The Labute approximate surface area is 195 Å². The average molecular weight is 521 g/mol. The van der Waals surface area contributed by atoms with Gasteiger partial charge in [0.25, 0.3) is 11.9 Å². The lowest BCUT2D eigenvalue weighted by atomic mass is 10.2. The van der Waals surface area contributed by atoms with Gasteiger partial charge in [-0.2, -0.15) is 9.67 Å². The number of amides is 1. The Morgan fingerprint density at radius 2 is 1.85 bits per heavy atom. The zero-order chi connectivity index (χ0) is 25.3. The third kappa shape index (κ3) is 6.11. The number of benzene rings is 1. The smallest absolute Gasteiger partial charge is 0.466 e. The van der Waals surface area contributed by atoms with Crippen LogP contribution in [0.3, 0.4) is 0 Å². The normalized spacial score (nSPS) is 12.8. The highest BCUT2D eigenvalue weighted by Crippen LogP contribution is 2.27. The minimum Gasteiger partial charge on any atom is -0.466 e. The van der Waals surface area contributed by atoms with Crippen LogP contribution in [0.25, 0.3) is 5.95 Å². The Morgan fingerprint density at radius 3 is 2.41 bits per heavy atom. The summed E-state index contributed by atoms with van der Waals surface area (Å²) in [5, 5.41) is 6.84. The molecule has 3 aromatic rings. The van der Waals surface area contributed by atoms with Gasteiger partial charge in [0.2, 0.25) is 0 Å². The van der Waals surface area contributed by atoms with Crippen molar-refractivity contribution in [1.82, 2.24) is 30.0 Å². The fraction of sp³-hybridized carbons (Fsp3) is 0.278. The number of hydrogen-bond donors (Lipinski definition) is 1. The molecule has 0 unspecified atom stereocenters.